The first-order valence-corrected chi connectivity index (χ1v) is 10.3. The van der Waals surface area contributed by atoms with E-state index in [9.17, 15) is 32.7 Å². The molecule has 1 N–H and O–H groups in total. The molecule has 1 aliphatic heterocycles. The van der Waals surface area contributed by atoms with Crippen molar-refractivity contribution >= 4 is 27.5 Å². The first kappa shape index (κ1) is 22.3. The van der Waals surface area contributed by atoms with Crippen LogP contribution >= 0.6 is 11.3 Å². The summed E-state index contributed by atoms with van der Waals surface area (Å²) >= 11 is 0.841. The Morgan fingerprint density at radius 1 is 1.23 bits per heavy atom. The lowest BCUT2D eigenvalue weighted by Gasteiger charge is -2.29. The van der Waals surface area contributed by atoms with Gasteiger partial charge in [-0.1, -0.05) is 6.58 Å². The average molecular weight is 445 g/mol. The number of allylic oxidation sites excluding steroid dienone is 1. The zero-order valence-electron chi connectivity index (χ0n) is 16.6. The predicted octanol–water partition coefficient (Wildman–Crippen LogP) is 2.27. The SMILES string of the molecule is C=C(Cn1c(=O)n(CC)c(=O)c2c(C)c(C(=O)N3CCC(O)CC3)sc21)C(F)(F)F. The van der Waals surface area contributed by atoms with E-state index in [2.05, 4.69) is 6.58 Å². The number of hydrogen-bond donors (Lipinski definition) is 1. The molecule has 7 nitrogen and oxygen atoms in total. The van der Waals surface area contributed by atoms with Crippen molar-refractivity contribution in [1.82, 2.24) is 14.0 Å². The van der Waals surface area contributed by atoms with E-state index in [1.165, 1.54) is 0 Å². The van der Waals surface area contributed by atoms with E-state index < -0.39 is 35.6 Å². The number of aryl methyl sites for hydroxylation is 1. The number of nitrogens with zero attached hydrogens (tertiary/aromatic N) is 3. The Balaban J connectivity index is 2.18. The predicted molar refractivity (Wildman–Crippen MR) is 107 cm³/mol. The number of fused-ring (bicyclic) bond motifs is 1. The summed E-state index contributed by atoms with van der Waals surface area (Å²) in [5.74, 6) is -0.364. The van der Waals surface area contributed by atoms with Gasteiger partial charge in [-0.25, -0.2) is 4.79 Å². The number of alkyl halides is 3. The van der Waals surface area contributed by atoms with Gasteiger partial charge in [0.15, 0.2) is 0 Å². The van der Waals surface area contributed by atoms with Crippen LogP contribution in [0.2, 0.25) is 0 Å². The van der Waals surface area contributed by atoms with Gasteiger partial charge in [0.05, 0.1) is 22.9 Å². The molecule has 3 rings (SSSR count). The molecule has 3 heterocycles. The second-order valence-electron chi connectivity index (χ2n) is 7.28. The summed E-state index contributed by atoms with van der Waals surface area (Å²) in [6.07, 6.45) is -4.32. The van der Waals surface area contributed by atoms with Gasteiger partial charge in [0, 0.05) is 25.2 Å². The lowest BCUT2D eigenvalue weighted by Crippen LogP contribution is -2.40. The van der Waals surface area contributed by atoms with Crippen LogP contribution in [0.25, 0.3) is 10.2 Å². The number of carbonyl (C=O) groups is 1. The Kier molecular flexibility index (Phi) is 5.96. The van der Waals surface area contributed by atoms with Crippen molar-refractivity contribution in [3.05, 3.63) is 43.4 Å². The van der Waals surface area contributed by atoms with E-state index in [0.29, 0.717) is 31.5 Å². The van der Waals surface area contributed by atoms with Crippen molar-refractivity contribution in [3.63, 3.8) is 0 Å². The van der Waals surface area contributed by atoms with Gasteiger partial charge >= 0.3 is 11.9 Å². The van der Waals surface area contributed by atoms with E-state index in [4.69, 9.17) is 0 Å². The molecule has 1 amide bonds. The van der Waals surface area contributed by atoms with E-state index in [0.717, 1.165) is 20.5 Å². The molecule has 0 radical (unpaired) electrons. The first-order chi connectivity index (χ1) is 14.0. The quantitative estimate of drug-likeness (QED) is 0.732. The van der Waals surface area contributed by atoms with E-state index in [-0.39, 0.29) is 27.5 Å². The third kappa shape index (κ3) is 3.83. The number of rotatable bonds is 4. The summed E-state index contributed by atoms with van der Waals surface area (Å²) in [4.78, 5) is 40.3. The second-order valence-corrected chi connectivity index (χ2v) is 8.28. The molecule has 0 aliphatic carbocycles. The standard InChI is InChI=1S/C19H22F3N3O4S/c1-4-24-15(27)13-11(3)14(16(28)23-7-5-12(26)6-8-23)30-17(13)25(18(24)29)9-10(2)19(20,21)22/h12,26H,2,4-9H2,1,3H3. The number of halogens is 3. The van der Waals surface area contributed by atoms with Gasteiger partial charge in [0.2, 0.25) is 0 Å². The van der Waals surface area contributed by atoms with Crippen molar-refractivity contribution in [2.75, 3.05) is 13.1 Å². The van der Waals surface area contributed by atoms with Crippen LogP contribution in [0.3, 0.4) is 0 Å². The highest BCUT2D eigenvalue weighted by Gasteiger charge is 2.34. The maximum Gasteiger partial charge on any atom is 0.413 e. The van der Waals surface area contributed by atoms with E-state index in [1.54, 1.807) is 18.7 Å². The number of hydrogen-bond acceptors (Lipinski definition) is 5. The number of aliphatic hydroxyl groups excluding tert-OH is 1. The van der Waals surface area contributed by atoms with Gasteiger partial charge in [-0.2, -0.15) is 13.2 Å². The number of aliphatic hydroxyl groups is 1. The van der Waals surface area contributed by atoms with Gasteiger partial charge < -0.3 is 10.0 Å². The molecule has 2 aromatic rings. The Hall–Kier alpha value is -2.40. The summed E-state index contributed by atoms with van der Waals surface area (Å²) in [6.45, 7) is 5.95. The largest absolute Gasteiger partial charge is 0.413 e. The maximum atomic E-state index is 13.1. The molecule has 0 aromatic carbocycles. The van der Waals surface area contributed by atoms with E-state index >= 15 is 0 Å². The molecule has 2 aromatic heterocycles. The van der Waals surface area contributed by atoms with Crippen LogP contribution in [0.15, 0.2) is 21.7 Å². The number of likely N-dealkylation sites (tertiary alicyclic amines) is 1. The second kappa shape index (κ2) is 8.03. The fourth-order valence-electron chi connectivity index (χ4n) is 3.51. The monoisotopic (exact) mass is 445 g/mol. The minimum absolute atomic E-state index is 0.0192. The number of piperidine rings is 1. The Bertz CT molecular complexity index is 1120. The maximum absolute atomic E-state index is 13.1. The zero-order valence-corrected chi connectivity index (χ0v) is 17.4. The van der Waals surface area contributed by atoms with Crippen molar-refractivity contribution in [2.24, 2.45) is 0 Å². The van der Waals surface area contributed by atoms with Crippen LogP contribution in [0, 0.1) is 6.92 Å². The van der Waals surface area contributed by atoms with Gasteiger partial charge in [-0.15, -0.1) is 11.3 Å². The van der Waals surface area contributed by atoms with Crippen LogP contribution in [0.4, 0.5) is 13.2 Å². The van der Waals surface area contributed by atoms with E-state index in [1.807, 2.05) is 0 Å². The molecule has 0 bridgehead atoms. The molecule has 11 heteroatoms. The normalized spacial score (nSPS) is 15.7. The smallest absolute Gasteiger partial charge is 0.393 e. The van der Waals surface area contributed by atoms with Crippen molar-refractivity contribution < 1.29 is 23.1 Å². The van der Waals surface area contributed by atoms with Crippen LogP contribution < -0.4 is 11.2 Å². The number of aromatic nitrogens is 2. The van der Waals surface area contributed by atoms with Crippen molar-refractivity contribution in [2.45, 2.75) is 52.1 Å². The Labute approximate surface area is 173 Å². The lowest BCUT2D eigenvalue weighted by atomic mass is 10.1. The highest BCUT2D eigenvalue weighted by Crippen LogP contribution is 2.31. The summed E-state index contributed by atoms with van der Waals surface area (Å²) in [7, 11) is 0. The van der Waals surface area contributed by atoms with Crippen LogP contribution in [-0.4, -0.2) is 50.4 Å². The molecule has 30 heavy (non-hydrogen) atoms. The van der Waals surface area contributed by atoms with Gasteiger partial charge in [0.1, 0.15) is 4.83 Å². The fraction of sp³-hybridized carbons (Fsp3) is 0.526. The molecule has 0 unspecified atom stereocenters. The molecule has 0 atom stereocenters. The molecule has 1 saturated heterocycles. The third-order valence-electron chi connectivity index (χ3n) is 5.31. The van der Waals surface area contributed by atoms with Gasteiger partial charge in [-0.3, -0.25) is 18.7 Å². The lowest BCUT2D eigenvalue weighted by molar-refractivity contribution is -0.0943. The molecule has 164 valence electrons. The fourth-order valence-corrected chi connectivity index (χ4v) is 4.77. The number of amides is 1. The molecule has 1 fully saturated rings. The van der Waals surface area contributed by atoms with Crippen molar-refractivity contribution in [3.8, 4) is 0 Å². The van der Waals surface area contributed by atoms with Gasteiger partial charge in [0.25, 0.3) is 11.5 Å². The first-order valence-electron chi connectivity index (χ1n) is 9.46. The van der Waals surface area contributed by atoms with Gasteiger partial charge in [-0.05, 0) is 32.3 Å². The zero-order chi connectivity index (χ0) is 22.4. The van der Waals surface area contributed by atoms with Crippen molar-refractivity contribution in [1.29, 1.82) is 0 Å². The summed E-state index contributed by atoms with van der Waals surface area (Å²) in [6, 6.07) is 0. The summed E-state index contributed by atoms with van der Waals surface area (Å²) in [5.41, 5.74) is -2.30. The molecular formula is C19H22F3N3O4S. The Morgan fingerprint density at radius 3 is 2.37 bits per heavy atom. The number of thiophene rings is 1. The molecular weight excluding hydrogens is 423 g/mol. The minimum atomic E-state index is -4.70. The topological polar surface area (TPSA) is 84.5 Å². The molecule has 1 aliphatic rings. The molecule has 0 spiro atoms. The van der Waals surface area contributed by atoms with Crippen LogP contribution in [0.5, 0.6) is 0 Å². The minimum Gasteiger partial charge on any atom is -0.393 e. The summed E-state index contributed by atoms with van der Waals surface area (Å²) < 4.78 is 40.9. The summed E-state index contributed by atoms with van der Waals surface area (Å²) in [5, 5.41) is 9.71. The highest BCUT2D eigenvalue weighted by molar-refractivity contribution is 7.20. The average Bonchev–Trinajstić information content (AvgIpc) is 3.02. The number of carbonyl (C=O) groups excluding carboxylic acids is 1. The Morgan fingerprint density at radius 2 is 1.83 bits per heavy atom. The third-order valence-corrected chi connectivity index (χ3v) is 6.61. The molecule has 0 saturated carbocycles. The van der Waals surface area contributed by atoms with Crippen LogP contribution in [0.1, 0.15) is 35.0 Å². The van der Waals surface area contributed by atoms with Crippen LogP contribution in [-0.2, 0) is 13.1 Å². The highest BCUT2D eigenvalue weighted by atomic mass is 32.1.